The Balaban J connectivity index is 2.01. The quantitative estimate of drug-likeness (QED) is 0.496. The molecule has 0 aliphatic heterocycles. The third kappa shape index (κ3) is 4.25. The Morgan fingerprint density at radius 1 is 1.19 bits per heavy atom. The summed E-state index contributed by atoms with van der Waals surface area (Å²) in [6.07, 6.45) is 1.14. The van der Waals surface area contributed by atoms with Crippen LogP contribution in [-0.4, -0.2) is 15.0 Å². The maximum absolute atomic E-state index is 10.5. The molecule has 0 saturated heterocycles. The van der Waals surface area contributed by atoms with Crippen LogP contribution in [-0.2, 0) is 0 Å². The number of anilines is 2. The van der Waals surface area contributed by atoms with E-state index in [0.29, 0.717) is 21.6 Å². The van der Waals surface area contributed by atoms with Gasteiger partial charge in [-0.1, -0.05) is 23.2 Å². The van der Waals surface area contributed by atoms with Crippen LogP contribution in [0.4, 0.5) is 17.2 Å². The van der Waals surface area contributed by atoms with Crippen molar-refractivity contribution in [2.45, 2.75) is 0 Å². The Kier molecular flexibility index (Phi) is 4.89. The predicted octanol–water partition coefficient (Wildman–Crippen LogP) is 4.11. The first kappa shape index (κ1) is 15.4. The Morgan fingerprint density at radius 2 is 1.95 bits per heavy atom. The molecule has 0 saturated carbocycles. The number of halogens is 2. The van der Waals surface area contributed by atoms with Crippen molar-refractivity contribution in [2.75, 3.05) is 10.6 Å². The largest absolute Gasteiger partial charge is 0.332 e. The van der Waals surface area contributed by atoms with E-state index in [4.69, 9.17) is 35.4 Å². The van der Waals surface area contributed by atoms with E-state index in [-0.39, 0.29) is 10.8 Å². The molecule has 0 aliphatic carbocycles. The summed E-state index contributed by atoms with van der Waals surface area (Å²) < 4.78 is 0. The van der Waals surface area contributed by atoms with Gasteiger partial charge >= 0.3 is 0 Å². The van der Waals surface area contributed by atoms with E-state index in [1.54, 1.807) is 18.2 Å². The molecule has 0 bridgehead atoms. The molecule has 21 heavy (non-hydrogen) atoms. The van der Waals surface area contributed by atoms with E-state index in [1.165, 1.54) is 12.1 Å². The molecule has 0 fully saturated rings. The zero-order chi connectivity index (χ0) is 15.4. The van der Waals surface area contributed by atoms with Crippen LogP contribution in [0.15, 0.2) is 36.5 Å². The van der Waals surface area contributed by atoms with Gasteiger partial charge in [0, 0.05) is 11.8 Å². The van der Waals surface area contributed by atoms with Crippen LogP contribution in [0.5, 0.6) is 0 Å². The van der Waals surface area contributed by atoms with Crippen molar-refractivity contribution in [3.63, 3.8) is 0 Å². The summed E-state index contributed by atoms with van der Waals surface area (Å²) in [6, 6.07) is 7.77. The molecule has 9 heteroatoms. The van der Waals surface area contributed by atoms with Crippen molar-refractivity contribution in [1.29, 1.82) is 0 Å². The van der Waals surface area contributed by atoms with E-state index >= 15 is 0 Å². The highest BCUT2D eigenvalue weighted by Crippen LogP contribution is 2.25. The van der Waals surface area contributed by atoms with E-state index in [1.807, 2.05) is 0 Å². The first-order valence-corrected chi connectivity index (χ1v) is 6.75. The van der Waals surface area contributed by atoms with Gasteiger partial charge in [-0.3, -0.25) is 10.1 Å². The third-order valence-corrected chi connectivity index (χ3v) is 3.32. The monoisotopic (exact) mass is 342 g/mol. The maximum Gasteiger partial charge on any atom is 0.287 e. The Hall–Kier alpha value is -1.96. The van der Waals surface area contributed by atoms with Gasteiger partial charge in [-0.25, -0.2) is 4.98 Å². The molecule has 0 atom stereocenters. The average Bonchev–Trinajstić information content (AvgIpc) is 2.43. The number of nitro groups is 1. The fourth-order valence-corrected chi connectivity index (χ4v) is 1.94. The highest BCUT2D eigenvalue weighted by Gasteiger charge is 2.06. The lowest BCUT2D eigenvalue weighted by Gasteiger charge is -2.10. The molecule has 1 heterocycles. The van der Waals surface area contributed by atoms with Gasteiger partial charge in [0.25, 0.3) is 5.69 Å². The highest BCUT2D eigenvalue weighted by molar-refractivity contribution is 7.80. The minimum atomic E-state index is -0.525. The summed E-state index contributed by atoms with van der Waals surface area (Å²) in [5.41, 5.74) is 0.563. The molecule has 1 aromatic heterocycles. The number of aromatic nitrogens is 1. The van der Waals surface area contributed by atoms with Crippen LogP contribution >= 0.6 is 35.4 Å². The molecule has 108 valence electrons. The normalized spacial score (nSPS) is 10.0. The van der Waals surface area contributed by atoms with Crippen LogP contribution in [0.3, 0.4) is 0 Å². The molecule has 0 aliphatic rings. The number of pyridine rings is 1. The number of rotatable bonds is 3. The molecule has 0 radical (unpaired) electrons. The van der Waals surface area contributed by atoms with Gasteiger partial charge in [0.1, 0.15) is 12.0 Å². The SMILES string of the molecule is O=[N+]([O-])c1ccc(NC(=S)Nc2ccc(Cl)c(Cl)c2)nc1. The molecule has 2 rings (SSSR count). The number of hydrogen-bond donors (Lipinski definition) is 2. The van der Waals surface area contributed by atoms with Gasteiger partial charge in [-0.15, -0.1) is 0 Å². The molecular weight excluding hydrogens is 335 g/mol. The summed E-state index contributed by atoms with van der Waals surface area (Å²) in [4.78, 5) is 13.9. The van der Waals surface area contributed by atoms with Crippen molar-refractivity contribution < 1.29 is 4.92 Å². The van der Waals surface area contributed by atoms with Crippen LogP contribution in [0, 0.1) is 10.1 Å². The van der Waals surface area contributed by atoms with Crippen LogP contribution in [0.25, 0.3) is 0 Å². The Bertz CT molecular complexity index is 694. The minimum Gasteiger partial charge on any atom is -0.332 e. The molecule has 0 unspecified atom stereocenters. The van der Waals surface area contributed by atoms with E-state index in [9.17, 15) is 10.1 Å². The first-order chi connectivity index (χ1) is 9.95. The van der Waals surface area contributed by atoms with Crippen LogP contribution in [0.2, 0.25) is 10.0 Å². The van der Waals surface area contributed by atoms with Gasteiger partial charge in [0.05, 0.1) is 15.0 Å². The smallest absolute Gasteiger partial charge is 0.287 e. The number of nitrogens with zero attached hydrogens (tertiary/aromatic N) is 2. The molecule has 2 aromatic rings. The van der Waals surface area contributed by atoms with E-state index in [2.05, 4.69) is 15.6 Å². The van der Waals surface area contributed by atoms with Crippen molar-refractivity contribution in [1.82, 2.24) is 4.98 Å². The Morgan fingerprint density at radius 3 is 2.52 bits per heavy atom. The van der Waals surface area contributed by atoms with Crippen molar-refractivity contribution in [2.24, 2.45) is 0 Å². The summed E-state index contributed by atoms with van der Waals surface area (Å²) in [7, 11) is 0. The number of benzene rings is 1. The molecule has 0 spiro atoms. The van der Waals surface area contributed by atoms with E-state index < -0.39 is 4.92 Å². The predicted molar refractivity (Wildman–Crippen MR) is 87.2 cm³/mol. The number of hydrogen-bond acceptors (Lipinski definition) is 4. The fraction of sp³-hybridized carbons (Fsp3) is 0. The summed E-state index contributed by atoms with van der Waals surface area (Å²) in [5, 5.41) is 17.3. The highest BCUT2D eigenvalue weighted by atomic mass is 35.5. The van der Waals surface area contributed by atoms with Crippen LogP contribution in [0.1, 0.15) is 0 Å². The third-order valence-electron chi connectivity index (χ3n) is 2.38. The van der Waals surface area contributed by atoms with Gasteiger partial charge in [-0.05, 0) is 36.5 Å². The van der Waals surface area contributed by atoms with Gasteiger partial charge in [0.15, 0.2) is 5.11 Å². The first-order valence-electron chi connectivity index (χ1n) is 5.59. The maximum atomic E-state index is 10.5. The molecule has 2 N–H and O–H groups in total. The second kappa shape index (κ2) is 6.66. The Labute approximate surface area is 135 Å². The van der Waals surface area contributed by atoms with Crippen molar-refractivity contribution in [3.8, 4) is 0 Å². The average molecular weight is 343 g/mol. The van der Waals surface area contributed by atoms with E-state index in [0.717, 1.165) is 6.20 Å². The van der Waals surface area contributed by atoms with Gasteiger partial charge < -0.3 is 10.6 Å². The number of thiocarbonyl (C=S) groups is 1. The summed E-state index contributed by atoms with van der Waals surface area (Å²) in [5.74, 6) is 0.387. The number of nitrogens with one attached hydrogen (secondary N) is 2. The van der Waals surface area contributed by atoms with Gasteiger partial charge in [0.2, 0.25) is 0 Å². The lowest BCUT2D eigenvalue weighted by atomic mass is 10.3. The molecular formula is C12H8Cl2N4O2S. The minimum absolute atomic E-state index is 0.0936. The van der Waals surface area contributed by atoms with Crippen LogP contribution < -0.4 is 10.6 Å². The lowest BCUT2D eigenvalue weighted by molar-refractivity contribution is -0.385. The molecule has 6 nitrogen and oxygen atoms in total. The zero-order valence-corrected chi connectivity index (χ0v) is 12.7. The second-order valence-electron chi connectivity index (χ2n) is 3.87. The standard InChI is InChI=1S/C12H8Cl2N4O2S/c13-9-3-1-7(5-10(9)14)16-12(21)17-11-4-2-8(6-15-11)18(19)20/h1-6H,(H2,15,16,17,21). The van der Waals surface area contributed by atoms with Gasteiger partial charge in [-0.2, -0.15) is 0 Å². The molecule has 1 aromatic carbocycles. The fourth-order valence-electron chi connectivity index (χ4n) is 1.42. The topological polar surface area (TPSA) is 80.1 Å². The second-order valence-corrected chi connectivity index (χ2v) is 5.09. The summed E-state index contributed by atoms with van der Waals surface area (Å²) in [6.45, 7) is 0. The molecule has 0 amide bonds. The zero-order valence-electron chi connectivity index (χ0n) is 10.3. The van der Waals surface area contributed by atoms with Crippen molar-refractivity contribution >= 4 is 57.7 Å². The lowest BCUT2D eigenvalue weighted by Crippen LogP contribution is -2.19. The van der Waals surface area contributed by atoms with Crippen molar-refractivity contribution in [3.05, 3.63) is 56.7 Å². The summed E-state index contributed by atoms with van der Waals surface area (Å²) >= 11 is 16.8.